The fraction of sp³-hybridized carbons (Fsp3) is 0.550. The number of hydrogen-bond donors (Lipinski definition) is 2. The topological polar surface area (TPSA) is 87.7 Å². The molecule has 154 valence electrons. The van der Waals surface area contributed by atoms with Crippen molar-refractivity contribution in [1.29, 1.82) is 0 Å². The van der Waals surface area contributed by atoms with E-state index in [-0.39, 0.29) is 24.4 Å². The zero-order chi connectivity index (χ0) is 20.7. The van der Waals surface area contributed by atoms with Gasteiger partial charge in [-0.2, -0.15) is 0 Å². The number of benzene rings is 1. The molecule has 0 aliphatic carbocycles. The highest BCUT2D eigenvalue weighted by Gasteiger charge is 2.24. The summed E-state index contributed by atoms with van der Waals surface area (Å²) in [5.41, 5.74) is 0.284. The maximum absolute atomic E-state index is 12.4. The van der Waals surface area contributed by atoms with Gasteiger partial charge in [-0.1, -0.05) is 23.7 Å². The standard InChI is InChI=1S/C20H28ClN3O4/c1-20(2,3)28-19(27)22-13-17(25)23-16-7-9-24(10-8-16)18(26)12-14-5-4-6-15(21)11-14/h4-6,11,16H,7-10,12-13H2,1-3H3,(H,22,27)(H,23,25). The Hall–Kier alpha value is -2.28. The summed E-state index contributed by atoms with van der Waals surface area (Å²) in [4.78, 5) is 37.8. The Bertz CT molecular complexity index is 710. The van der Waals surface area contributed by atoms with E-state index in [0.29, 0.717) is 37.4 Å². The molecule has 8 heteroatoms. The maximum atomic E-state index is 12.4. The van der Waals surface area contributed by atoms with Crippen molar-refractivity contribution in [3.05, 3.63) is 34.9 Å². The maximum Gasteiger partial charge on any atom is 0.408 e. The van der Waals surface area contributed by atoms with Gasteiger partial charge in [0.25, 0.3) is 0 Å². The third-order valence-corrected chi connectivity index (χ3v) is 4.48. The Morgan fingerprint density at radius 1 is 1.21 bits per heavy atom. The van der Waals surface area contributed by atoms with Crippen LogP contribution in [0.1, 0.15) is 39.2 Å². The zero-order valence-corrected chi connectivity index (χ0v) is 17.3. The third-order valence-electron chi connectivity index (χ3n) is 4.25. The molecule has 0 spiro atoms. The number of hydrogen-bond acceptors (Lipinski definition) is 4. The van der Waals surface area contributed by atoms with E-state index in [2.05, 4.69) is 10.6 Å². The van der Waals surface area contributed by atoms with Gasteiger partial charge in [0.05, 0.1) is 6.42 Å². The molecule has 28 heavy (non-hydrogen) atoms. The Labute approximate surface area is 170 Å². The van der Waals surface area contributed by atoms with E-state index in [9.17, 15) is 14.4 Å². The molecule has 1 fully saturated rings. The summed E-state index contributed by atoms with van der Waals surface area (Å²) in [5, 5.41) is 5.95. The molecule has 1 heterocycles. The first kappa shape index (κ1) is 22.0. The molecule has 1 aromatic carbocycles. The van der Waals surface area contributed by atoms with Crippen molar-refractivity contribution in [3.8, 4) is 0 Å². The van der Waals surface area contributed by atoms with Gasteiger partial charge in [0, 0.05) is 24.2 Å². The van der Waals surface area contributed by atoms with Gasteiger partial charge in [0.1, 0.15) is 12.1 Å². The Balaban J connectivity index is 1.69. The third kappa shape index (κ3) is 7.76. The number of rotatable bonds is 5. The molecule has 1 saturated heterocycles. The summed E-state index contributed by atoms with van der Waals surface area (Å²) in [6.07, 6.45) is 1.06. The van der Waals surface area contributed by atoms with Gasteiger partial charge >= 0.3 is 6.09 Å². The van der Waals surface area contributed by atoms with E-state index >= 15 is 0 Å². The number of amides is 3. The number of likely N-dealkylation sites (tertiary alicyclic amines) is 1. The van der Waals surface area contributed by atoms with Crippen LogP contribution in [-0.2, 0) is 20.7 Å². The van der Waals surface area contributed by atoms with Crippen LogP contribution in [0.15, 0.2) is 24.3 Å². The highest BCUT2D eigenvalue weighted by atomic mass is 35.5. The molecule has 0 saturated carbocycles. The van der Waals surface area contributed by atoms with Crippen LogP contribution in [0.3, 0.4) is 0 Å². The molecule has 3 amide bonds. The number of nitrogens with zero attached hydrogens (tertiary/aromatic N) is 1. The van der Waals surface area contributed by atoms with Gasteiger partial charge in [-0.25, -0.2) is 4.79 Å². The van der Waals surface area contributed by atoms with Crippen LogP contribution in [0.5, 0.6) is 0 Å². The van der Waals surface area contributed by atoms with Gasteiger partial charge in [-0.05, 0) is 51.3 Å². The summed E-state index contributed by atoms with van der Waals surface area (Å²) < 4.78 is 5.09. The second-order valence-electron chi connectivity index (χ2n) is 7.88. The second-order valence-corrected chi connectivity index (χ2v) is 8.32. The first-order chi connectivity index (χ1) is 13.1. The lowest BCUT2D eigenvalue weighted by atomic mass is 10.0. The number of carbonyl (C=O) groups is 3. The number of piperidine rings is 1. The van der Waals surface area contributed by atoms with Crippen LogP contribution in [0.4, 0.5) is 4.79 Å². The minimum atomic E-state index is -0.621. The second kappa shape index (κ2) is 9.78. The normalized spacial score (nSPS) is 15.1. The van der Waals surface area contributed by atoms with Crippen molar-refractivity contribution in [2.75, 3.05) is 19.6 Å². The zero-order valence-electron chi connectivity index (χ0n) is 16.6. The predicted molar refractivity (Wildman–Crippen MR) is 107 cm³/mol. The van der Waals surface area contributed by atoms with Crippen LogP contribution in [0.2, 0.25) is 5.02 Å². The SMILES string of the molecule is CC(C)(C)OC(=O)NCC(=O)NC1CCN(C(=O)Cc2cccc(Cl)c2)CC1. The molecular formula is C20H28ClN3O4. The fourth-order valence-electron chi connectivity index (χ4n) is 2.95. The molecule has 2 rings (SSSR count). The van der Waals surface area contributed by atoms with Gasteiger partial charge in [-0.3, -0.25) is 9.59 Å². The molecule has 1 aliphatic heterocycles. The van der Waals surface area contributed by atoms with Crippen molar-refractivity contribution in [1.82, 2.24) is 15.5 Å². The quantitative estimate of drug-likeness (QED) is 0.782. The van der Waals surface area contributed by atoms with Gasteiger partial charge in [-0.15, -0.1) is 0 Å². The molecular weight excluding hydrogens is 382 g/mol. The fourth-order valence-corrected chi connectivity index (χ4v) is 3.16. The lowest BCUT2D eigenvalue weighted by Gasteiger charge is -2.32. The van der Waals surface area contributed by atoms with Gasteiger partial charge < -0.3 is 20.3 Å². The first-order valence-electron chi connectivity index (χ1n) is 9.41. The Morgan fingerprint density at radius 2 is 1.89 bits per heavy atom. The van der Waals surface area contributed by atoms with E-state index in [1.807, 2.05) is 17.0 Å². The molecule has 0 radical (unpaired) electrons. The number of alkyl carbamates (subject to hydrolysis) is 1. The number of ether oxygens (including phenoxy) is 1. The lowest BCUT2D eigenvalue weighted by molar-refractivity contribution is -0.131. The summed E-state index contributed by atoms with van der Waals surface area (Å²) in [5.74, 6) is -0.215. The summed E-state index contributed by atoms with van der Waals surface area (Å²) in [6.45, 7) is 6.31. The monoisotopic (exact) mass is 409 g/mol. The highest BCUT2D eigenvalue weighted by molar-refractivity contribution is 6.30. The van der Waals surface area contributed by atoms with E-state index < -0.39 is 11.7 Å². The molecule has 2 N–H and O–H groups in total. The lowest BCUT2D eigenvalue weighted by Crippen LogP contribution is -2.49. The van der Waals surface area contributed by atoms with Crippen LogP contribution >= 0.6 is 11.6 Å². The minimum absolute atomic E-state index is 0.0110. The van der Waals surface area contributed by atoms with Crippen molar-refractivity contribution >= 4 is 29.5 Å². The smallest absolute Gasteiger partial charge is 0.408 e. The van der Waals surface area contributed by atoms with E-state index in [1.165, 1.54) is 0 Å². The average Bonchev–Trinajstić information content (AvgIpc) is 2.59. The van der Waals surface area contributed by atoms with Crippen LogP contribution in [-0.4, -0.2) is 54.1 Å². The molecule has 1 aliphatic rings. The van der Waals surface area contributed by atoms with Crippen LogP contribution < -0.4 is 10.6 Å². The molecule has 7 nitrogen and oxygen atoms in total. The minimum Gasteiger partial charge on any atom is -0.444 e. The van der Waals surface area contributed by atoms with E-state index in [1.54, 1.807) is 32.9 Å². The van der Waals surface area contributed by atoms with E-state index in [0.717, 1.165) is 5.56 Å². The molecule has 0 atom stereocenters. The molecule has 1 aromatic rings. The summed E-state index contributed by atoms with van der Waals surface area (Å²) in [7, 11) is 0. The number of carbonyl (C=O) groups excluding carboxylic acids is 3. The highest BCUT2D eigenvalue weighted by Crippen LogP contribution is 2.15. The molecule has 0 unspecified atom stereocenters. The van der Waals surface area contributed by atoms with Crippen molar-refractivity contribution in [2.24, 2.45) is 0 Å². The van der Waals surface area contributed by atoms with Crippen LogP contribution in [0.25, 0.3) is 0 Å². The number of halogens is 1. The van der Waals surface area contributed by atoms with E-state index in [4.69, 9.17) is 16.3 Å². The van der Waals surface area contributed by atoms with Crippen LogP contribution in [0, 0.1) is 0 Å². The summed E-state index contributed by atoms with van der Waals surface area (Å²) >= 11 is 5.96. The largest absolute Gasteiger partial charge is 0.444 e. The van der Waals surface area contributed by atoms with Crippen molar-refractivity contribution < 1.29 is 19.1 Å². The summed E-state index contributed by atoms with van der Waals surface area (Å²) in [6, 6.07) is 7.28. The van der Waals surface area contributed by atoms with Crippen molar-refractivity contribution in [2.45, 2.75) is 51.7 Å². The Morgan fingerprint density at radius 3 is 2.50 bits per heavy atom. The predicted octanol–water partition coefficient (Wildman–Crippen LogP) is 2.51. The van der Waals surface area contributed by atoms with Gasteiger partial charge in [0.15, 0.2) is 0 Å². The first-order valence-corrected chi connectivity index (χ1v) is 9.78. The van der Waals surface area contributed by atoms with Crippen molar-refractivity contribution in [3.63, 3.8) is 0 Å². The number of nitrogens with one attached hydrogen (secondary N) is 2. The average molecular weight is 410 g/mol. The molecule has 0 bridgehead atoms. The molecule has 0 aromatic heterocycles. The Kier molecular flexibility index (Phi) is 7.69. The van der Waals surface area contributed by atoms with Gasteiger partial charge in [0.2, 0.25) is 11.8 Å².